The van der Waals surface area contributed by atoms with Crippen LogP contribution in [0.5, 0.6) is 0 Å². The average molecular weight is 325 g/mol. The monoisotopic (exact) mass is 325 g/mol. The van der Waals surface area contributed by atoms with Gasteiger partial charge in [0, 0.05) is 45.5 Å². The lowest BCUT2D eigenvalue weighted by molar-refractivity contribution is 0.392. The maximum absolute atomic E-state index is 5.06. The summed E-state index contributed by atoms with van der Waals surface area (Å²) in [6, 6.07) is 8.04. The van der Waals surface area contributed by atoms with Gasteiger partial charge in [-0.25, -0.2) is 4.98 Å². The Morgan fingerprint density at radius 2 is 1.67 bits per heavy atom. The Hall–Kier alpha value is -2.90. The van der Waals surface area contributed by atoms with E-state index in [0.717, 1.165) is 48.8 Å². The molecule has 1 saturated heterocycles. The standard InChI is InChI=1S/C16H19N7O/c1-11-18-16(21-24-11)23-9-7-22(8-10-23)15-19-13-6-4-3-5-12(13)14(17-2)20-15/h3-6H,7-10H2,1-2H3,(H,17,19,20). The normalized spacial score (nSPS) is 15.1. The van der Waals surface area contributed by atoms with Crippen LogP contribution in [0, 0.1) is 6.92 Å². The number of para-hydroxylation sites is 1. The molecule has 0 radical (unpaired) electrons. The number of benzene rings is 1. The van der Waals surface area contributed by atoms with Crippen molar-refractivity contribution in [2.24, 2.45) is 0 Å². The Labute approximate surface area is 139 Å². The lowest BCUT2D eigenvalue weighted by atomic mass is 10.2. The van der Waals surface area contributed by atoms with Gasteiger partial charge in [0.1, 0.15) is 5.82 Å². The number of aryl methyl sites for hydroxylation is 1. The highest BCUT2D eigenvalue weighted by atomic mass is 16.5. The number of nitrogens with zero attached hydrogens (tertiary/aromatic N) is 6. The van der Waals surface area contributed by atoms with Gasteiger partial charge in [-0.2, -0.15) is 9.97 Å². The van der Waals surface area contributed by atoms with Crippen LogP contribution in [-0.4, -0.2) is 53.3 Å². The molecule has 24 heavy (non-hydrogen) atoms. The van der Waals surface area contributed by atoms with Gasteiger partial charge in [-0.05, 0) is 17.3 Å². The first-order valence-corrected chi connectivity index (χ1v) is 7.99. The maximum atomic E-state index is 5.06. The van der Waals surface area contributed by atoms with E-state index in [1.54, 1.807) is 6.92 Å². The summed E-state index contributed by atoms with van der Waals surface area (Å²) in [5, 5.41) is 8.18. The number of nitrogens with one attached hydrogen (secondary N) is 1. The quantitative estimate of drug-likeness (QED) is 0.779. The van der Waals surface area contributed by atoms with E-state index < -0.39 is 0 Å². The summed E-state index contributed by atoms with van der Waals surface area (Å²) in [7, 11) is 1.88. The Bertz CT molecular complexity index is 855. The van der Waals surface area contributed by atoms with E-state index in [0.29, 0.717) is 11.8 Å². The van der Waals surface area contributed by atoms with Crippen LogP contribution in [0.4, 0.5) is 17.7 Å². The molecule has 8 nitrogen and oxygen atoms in total. The number of piperazine rings is 1. The Balaban J connectivity index is 1.56. The van der Waals surface area contributed by atoms with Crippen LogP contribution < -0.4 is 15.1 Å². The van der Waals surface area contributed by atoms with Crippen LogP contribution in [0.15, 0.2) is 28.8 Å². The topological polar surface area (TPSA) is 83.2 Å². The molecule has 3 aromatic rings. The molecule has 124 valence electrons. The van der Waals surface area contributed by atoms with Gasteiger partial charge in [0.15, 0.2) is 0 Å². The number of rotatable bonds is 3. The summed E-state index contributed by atoms with van der Waals surface area (Å²) >= 11 is 0. The van der Waals surface area contributed by atoms with Crippen LogP contribution >= 0.6 is 0 Å². The van der Waals surface area contributed by atoms with Gasteiger partial charge in [0.25, 0.3) is 5.95 Å². The predicted molar refractivity (Wildman–Crippen MR) is 92.5 cm³/mol. The second-order valence-corrected chi connectivity index (χ2v) is 5.73. The van der Waals surface area contributed by atoms with Gasteiger partial charge in [-0.15, -0.1) is 0 Å². The first-order chi connectivity index (χ1) is 11.7. The molecule has 4 rings (SSSR count). The lowest BCUT2D eigenvalue weighted by Gasteiger charge is -2.34. The largest absolute Gasteiger partial charge is 0.372 e. The average Bonchev–Trinajstić information content (AvgIpc) is 3.07. The molecule has 1 N–H and O–H groups in total. The zero-order valence-electron chi connectivity index (χ0n) is 13.7. The zero-order chi connectivity index (χ0) is 16.5. The fourth-order valence-electron chi connectivity index (χ4n) is 2.92. The van der Waals surface area contributed by atoms with Gasteiger partial charge < -0.3 is 19.6 Å². The molecule has 0 amide bonds. The van der Waals surface area contributed by atoms with Crippen LogP contribution in [0.1, 0.15) is 5.89 Å². The first kappa shape index (κ1) is 14.7. The van der Waals surface area contributed by atoms with Gasteiger partial charge in [0.2, 0.25) is 11.8 Å². The van der Waals surface area contributed by atoms with Crippen LogP contribution in [0.25, 0.3) is 10.9 Å². The third kappa shape index (κ3) is 2.60. The fraction of sp³-hybridized carbons (Fsp3) is 0.375. The molecule has 0 spiro atoms. The molecule has 2 aromatic heterocycles. The predicted octanol–water partition coefficient (Wildman–Crippen LogP) is 1.69. The van der Waals surface area contributed by atoms with E-state index in [4.69, 9.17) is 9.51 Å². The van der Waals surface area contributed by atoms with Crippen molar-refractivity contribution in [3.63, 3.8) is 0 Å². The Kier molecular flexibility index (Phi) is 3.64. The number of anilines is 3. The Morgan fingerprint density at radius 3 is 2.33 bits per heavy atom. The van der Waals surface area contributed by atoms with Crippen molar-refractivity contribution < 1.29 is 4.52 Å². The third-order valence-electron chi connectivity index (χ3n) is 4.19. The minimum atomic E-state index is 0.587. The second kappa shape index (κ2) is 5.95. The van der Waals surface area contributed by atoms with Crippen molar-refractivity contribution in [3.05, 3.63) is 30.2 Å². The van der Waals surface area contributed by atoms with Crippen LogP contribution in [-0.2, 0) is 0 Å². The number of hydrogen-bond acceptors (Lipinski definition) is 8. The van der Waals surface area contributed by atoms with Gasteiger partial charge in [-0.3, -0.25) is 0 Å². The first-order valence-electron chi connectivity index (χ1n) is 7.99. The van der Waals surface area contributed by atoms with E-state index in [1.165, 1.54) is 0 Å². The number of fused-ring (bicyclic) bond motifs is 1. The van der Waals surface area contributed by atoms with Crippen LogP contribution in [0.2, 0.25) is 0 Å². The maximum Gasteiger partial charge on any atom is 0.266 e. The molecule has 0 aliphatic carbocycles. The molecule has 1 fully saturated rings. The van der Waals surface area contributed by atoms with Gasteiger partial charge in [0.05, 0.1) is 5.52 Å². The van der Waals surface area contributed by atoms with Crippen molar-refractivity contribution in [3.8, 4) is 0 Å². The molecule has 0 saturated carbocycles. The molecule has 8 heteroatoms. The molecule has 1 aliphatic heterocycles. The highest BCUT2D eigenvalue weighted by Gasteiger charge is 2.22. The van der Waals surface area contributed by atoms with Crippen molar-refractivity contribution in [2.45, 2.75) is 6.92 Å². The van der Waals surface area contributed by atoms with Crippen LogP contribution in [0.3, 0.4) is 0 Å². The van der Waals surface area contributed by atoms with E-state index in [1.807, 2.05) is 31.3 Å². The molecule has 0 unspecified atom stereocenters. The molecule has 1 aromatic carbocycles. The molecule has 1 aliphatic rings. The lowest BCUT2D eigenvalue weighted by Crippen LogP contribution is -2.47. The van der Waals surface area contributed by atoms with Gasteiger partial charge >= 0.3 is 0 Å². The third-order valence-corrected chi connectivity index (χ3v) is 4.19. The minimum absolute atomic E-state index is 0.587. The van der Waals surface area contributed by atoms with E-state index in [2.05, 4.69) is 30.2 Å². The Morgan fingerprint density at radius 1 is 0.958 bits per heavy atom. The van der Waals surface area contributed by atoms with Gasteiger partial charge in [-0.1, -0.05) is 12.1 Å². The van der Waals surface area contributed by atoms with E-state index >= 15 is 0 Å². The second-order valence-electron chi connectivity index (χ2n) is 5.73. The molecule has 3 heterocycles. The summed E-state index contributed by atoms with van der Waals surface area (Å²) in [5.74, 6) is 2.85. The number of aromatic nitrogens is 4. The summed E-state index contributed by atoms with van der Waals surface area (Å²) in [4.78, 5) is 18.0. The highest BCUT2D eigenvalue weighted by Crippen LogP contribution is 2.24. The molecular weight excluding hydrogens is 306 g/mol. The summed E-state index contributed by atoms with van der Waals surface area (Å²) < 4.78 is 5.06. The summed E-state index contributed by atoms with van der Waals surface area (Å²) in [6.45, 7) is 5.05. The van der Waals surface area contributed by atoms with Crippen molar-refractivity contribution in [1.29, 1.82) is 0 Å². The minimum Gasteiger partial charge on any atom is -0.372 e. The zero-order valence-corrected chi connectivity index (χ0v) is 13.7. The SMILES string of the molecule is CNc1nc(N2CCN(c3noc(C)n3)CC2)nc2ccccc12. The van der Waals surface area contributed by atoms with E-state index in [9.17, 15) is 0 Å². The highest BCUT2D eigenvalue weighted by molar-refractivity contribution is 5.89. The van der Waals surface area contributed by atoms with Crippen molar-refractivity contribution in [2.75, 3.05) is 48.3 Å². The number of hydrogen-bond donors (Lipinski definition) is 1. The fourth-order valence-corrected chi connectivity index (χ4v) is 2.92. The van der Waals surface area contributed by atoms with E-state index in [-0.39, 0.29) is 0 Å². The van der Waals surface area contributed by atoms with Crippen molar-refractivity contribution in [1.82, 2.24) is 20.1 Å². The van der Waals surface area contributed by atoms with Crippen molar-refractivity contribution >= 4 is 28.6 Å². The molecule has 0 bridgehead atoms. The summed E-state index contributed by atoms with van der Waals surface area (Å²) in [6.07, 6.45) is 0. The molecular formula is C16H19N7O. The molecule has 0 atom stereocenters. The smallest absolute Gasteiger partial charge is 0.266 e. The summed E-state index contributed by atoms with van der Waals surface area (Å²) in [5.41, 5.74) is 0.947.